The first kappa shape index (κ1) is 16.4. The van der Waals surface area contributed by atoms with Crippen LogP contribution in [0, 0.1) is 0 Å². The third kappa shape index (κ3) is 3.61. The van der Waals surface area contributed by atoms with E-state index in [2.05, 4.69) is 9.71 Å². The Morgan fingerprint density at radius 3 is 2.71 bits per heavy atom. The molecule has 114 valence electrons. The first-order chi connectivity index (χ1) is 9.76. The van der Waals surface area contributed by atoms with Gasteiger partial charge in [0.05, 0.1) is 17.0 Å². The largest absolute Gasteiger partial charge is 0.392 e. The van der Waals surface area contributed by atoms with Gasteiger partial charge in [0, 0.05) is 16.6 Å². The van der Waals surface area contributed by atoms with Gasteiger partial charge >= 0.3 is 0 Å². The molecule has 0 amide bonds. The van der Waals surface area contributed by atoms with E-state index in [1.54, 1.807) is 25.4 Å². The highest BCUT2D eigenvalue weighted by Gasteiger charge is 2.30. The second-order valence-corrected chi connectivity index (χ2v) is 7.96. The lowest BCUT2D eigenvalue weighted by molar-refractivity contribution is 0.281. The highest BCUT2D eigenvalue weighted by Crippen LogP contribution is 2.26. The van der Waals surface area contributed by atoms with Crippen LogP contribution in [0.4, 0.5) is 0 Å². The van der Waals surface area contributed by atoms with E-state index in [4.69, 9.17) is 11.6 Å². The van der Waals surface area contributed by atoms with Crippen LogP contribution in [0.2, 0.25) is 5.02 Å². The van der Waals surface area contributed by atoms with Crippen molar-refractivity contribution in [3.8, 4) is 0 Å². The summed E-state index contributed by atoms with van der Waals surface area (Å²) in [4.78, 5) is 4.20. The van der Waals surface area contributed by atoms with Crippen LogP contribution in [0.5, 0.6) is 0 Å². The number of halogens is 1. The number of nitrogens with zero attached hydrogens (tertiary/aromatic N) is 1. The molecule has 1 aromatic heterocycles. The fraction of sp³-hybridized carbons (Fsp3) is 0.308. The molecular weight excluding hydrogens is 332 g/mol. The first-order valence-corrected chi connectivity index (χ1v) is 8.83. The van der Waals surface area contributed by atoms with Crippen molar-refractivity contribution in [3.05, 3.63) is 45.4 Å². The number of aromatic nitrogens is 1. The molecule has 0 aliphatic carbocycles. The lowest BCUT2D eigenvalue weighted by Gasteiger charge is -2.23. The minimum Gasteiger partial charge on any atom is -0.392 e. The van der Waals surface area contributed by atoms with E-state index in [1.165, 1.54) is 29.5 Å². The van der Waals surface area contributed by atoms with Crippen molar-refractivity contribution in [2.24, 2.45) is 0 Å². The standard InChI is InChI=1S/C13H15ClN2O3S2/c1-13(2,12-15-5-6-20-12)16-21(18,19)10-3-4-11(14)9(7-10)8-17/h3-7,16-17H,8H2,1-2H3. The zero-order valence-electron chi connectivity index (χ0n) is 11.5. The van der Waals surface area contributed by atoms with Crippen molar-refractivity contribution >= 4 is 33.0 Å². The SMILES string of the molecule is CC(C)(NS(=O)(=O)c1ccc(Cl)c(CO)c1)c1nccs1. The summed E-state index contributed by atoms with van der Waals surface area (Å²) in [7, 11) is -3.75. The fourth-order valence-corrected chi connectivity index (χ4v) is 4.20. The van der Waals surface area contributed by atoms with Crippen molar-refractivity contribution in [3.63, 3.8) is 0 Å². The predicted octanol–water partition coefficient (Wildman–Crippen LogP) is 2.50. The highest BCUT2D eigenvalue weighted by atomic mass is 35.5. The number of sulfonamides is 1. The maximum Gasteiger partial charge on any atom is 0.241 e. The van der Waals surface area contributed by atoms with Crippen LogP contribution in [0.15, 0.2) is 34.7 Å². The molecule has 2 rings (SSSR count). The third-order valence-electron chi connectivity index (χ3n) is 2.85. The maximum atomic E-state index is 12.5. The van der Waals surface area contributed by atoms with Crippen LogP contribution < -0.4 is 4.72 Å². The summed E-state index contributed by atoms with van der Waals surface area (Å²) in [5, 5.41) is 12.0. The molecule has 0 aliphatic heterocycles. The lowest BCUT2D eigenvalue weighted by atomic mass is 10.1. The van der Waals surface area contributed by atoms with Crippen LogP contribution in [0.3, 0.4) is 0 Å². The number of hydrogen-bond donors (Lipinski definition) is 2. The van der Waals surface area contributed by atoms with Crippen molar-refractivity contribution in [2.45, 2.75) is 30.9 Å². The van der Waals surface area contributed by atoms with Gasteiger partial charge in [0.15, 0.2) is 0 Å². The van der Waals surface area contributed by atoms with Gasteiger partial charge in [0.2, 0.25) is 10.0 Å². The molecule has 8 heteroatoms. The summed E-state index contributed by atoms with van der Waals surface area (Å²) in [5.74, 6) is 0. The first-order valence-electron chi connectivity index (χ1n) is 6.09. The molecule has 5 nitrogen and oxygen atoms in total. The number of benzene rings is 1. The Hall–Kier alpha value is -0.990. The highest BCUT2D eigenvalue weighted by molar-refractivity contribution is 7.89. The van der Waals surface area contributed by atoms with Crippen LogP contribution >= 0.6 is 22.9 Å². The second-order valence-electron chi connectivity index (χ2n) is 4.98. The molecule has 0 unspecified atom stereocenters. The number of hydrogen-bond acceptors (Lipinski definition) is 5. The number of nitrogens with one attached hydrogen (secondary N) is 1. The minimum atomic E-state index is -3.75. The molecule has 0 radical (unpaired) electrons. The molecule has 1 heterocycles. The zero-order chi connectivity index (χ0) is 15.7. The molecule has 2 aromatic rings. The van der Waals surface area contributed by atoms with Gasteiger partial charge in [-0.15, -0.1) is 11.3 Å². The van der Waals surface area contributed by atoms with Crippen LogP contribution in [-0.2, 0) is 22.2 Å². The molecule has 0 saturated heterocycles. The number of thiazole rings is 1. The molecule has 21 heavy (non-hydrogen) atoms. The Labute approximate surface area is 132 Å². The summed E-state index contributed by atoms with van der Waals surface area (Å²) in [6.45, 7) is 3.16. The van der Waals surface area contributed by atoms with Gasteiger partial charge in [-0.1, -0.05) is 11.6 Å². The Morgan fingerprint density at radius 2 is 2.14 bits per heavy atom. The number of aliphatic hydroxyl groups is 1. The van der Waals surface area contributed by atoms with E-state index in [-0.39, 0.29) is 11.5 Å². The average molecular weight is 347 g/mol. The van der Waals surface area contributed by atoms with Crippen molar-refractivity contribution in [1.29, 1.82) is 0 Å². The summed E-state index contributed by atoms with van der Waals surface area (Å²) in [6, 6.07) is 4.22. The normalized spacial score (nSPS) is 12.6. The van der Waals surface area contributed by atoms with E-state index < -0.39 is 15.6 Å². The van der Waals surface area contributed by atoms with E-state index in [0.29, 0.717) is 15.6 Å². The molecule has 2 N–H and O–H groups in total. The minimum absolute atomic E-state index is 0.0561. The van der Waals surface area contributed by atoms with Crippen molar-refractivity contribution < 1.29 is 13.5 Å². The molecule has 0 spiro atoms. The van der Waals surface area contributed by atoms with Crippen LogP contribution in [0.1, 0.15) is 24.4 Å². The van der Waals surface area contributed by atoms with Gasteiger partial charge in [-0.3, -0.25) is 0 Å². The average Bonchev–Trinajstić information content (AvgIpc) is 2.92. The molecule has 0 bridgehead atoms. The summed E-state index contributed by atoms with van der Waals surface area (Å²) in [6.07, 6.45) is 1.63. The number of aliphatic hydroxyl groups excluding tert-OH is 1. The Balaban J connectivity index is 2.35. The van der Waals surface area contributed by atoms with Gasteiger partial charge in [0.25, 0.3) is 0 Å². The number of rotatable bonds is 5. The van der Waals surface area contributed by atoms with E-state index in [0.717, 1.165) is 0 Å². The fourth-order valence-electron chi connectivity index (χ4n) is 1.81. The van der Waals surface area contributed by atoms with Crippen LogP contribution in [-0.4, -0.2) is 18.5 Å². The molecule has 0 atom stereocenters. The predicted molar refractivity (Wildman–Crippen MR) is 82.8 cm³/mol. The van der Waals surface area contributed by atoms with E-state index >= 15 is 0 Å². The summed E-state index contributed by atoms with van der Waals surface area (Å²) < 4.78 is 27.5. The second kappa shape index (κ2) is 6.02. The van der Waals surface area contributed by atoms with Gasteiger partial charge in [0.1, 0.15) is 5.01 Å². The molecule has 1 aromatic carbocycles. The monoisotopic (exact) mass is 346 g/mol. The Bertz CT molecular complexity index is 728. The topological polar surface area (TPSA) is 79.3 Å². The molecular formula is C13H15ClN2O3S2. The van der Waals surface area contributed by atoms with Gasteiger partial charge in [-0.25, -0.2) is 13.4 Å². The van der Waals surface area contributed by atoms with Gasteiger partial charge in [-0.05, 0) is 37.6 Å². The maximum absolute atomic E-state index is 12.5. The quantitative estimate of drug-likeness (QED) is 0.871. The Morgan fingerprint density at radius 1 is 1.43 bits per heavy atom. The van der Waals surface area contributed by atoms with Gasteiger partial charge in [-0.2, -0.15) is 4.72 Å². The third-order valence-corrected chi connectivity index (χ3v) is 5.97. The summed E-state index contributed by atoms with van der Waals surface area (Å²) in [5.41, 5.74) is -0.460. The molecule has 0 saturated carbocycles. The lowest BCUT2D eigenvalue weighted by Crippen LogP contribution is -2.40. The van der Waals surface area contributed by atoms with E-state index in [9.17, 15) is 13.5 Å². The zero-order valence-corrected chi connectivity index (χ0v) is 13.9. The molecule has 0 aliphatic rings. The van der Waals surface area contributed by atoms with E-state index in [1.807, 2.05) is 0 Å². The van der Waals surface area contributed by atoms with Crippen molar-refractivity contribution in [1.82, 2.24) is 9.71 Å². The van der Waals surface area contributed by atoms with Crippen molar-refractivity contribution in [2.75, 3.05) is 0 Å². The van der Waals surface area contributed by atoms with Gasteiger partial charge < -0.3 is 5.11 Å². The smallest absolute Gasteiger partial charge is 0.241 e. The Kier molecular flexibility index (Phi) is 4.69. The summed E-state index contributed by atoms with van der Waals surface area (Å²) >= 11 is 7.25. The van der Waals surface area contributed by atoms with Crippen LogP contribution in [0.25, 0.3) is 0 Å². The molecule has 0 fully saturated rings.